The zero-order chi connectivity index (χ0) is 13.7. The molecule has 0 atom stereocenters. The van der Waals surface area contributed by atoms with Gasteiger partial charge in [0.15, 0.2) is 11.5 Å². The first-order valence-electron chi connectivity index (χ1n) is 7.01. The fourth-order valence-corrected chi connectivity index (χ4v) is 2.59. The van der Waals surface area contributed by atoms with Gasteiger partial charge in [0.1, 0.15) is 0 Å². The topological polar surface area (TPSA) is 61.7 Å². The molecule has 0 saturated heterocycles. The number of hydrogen-bond donors (Lipinski definition) is 3. The first kappa shape index (κ1) is 14.2. The normalized spacial score (nSPS) is 17.6. The molecule has 19 heavy (non-hydrogen) atoms. The average Bonchev–Trinajstić information content (AvgIpc) is 2.81. The van der Waals surface area contributed by atoms with Gasteiger partial charge in [-0.25, -0.2) is 0 Å². The Bertz CT molecular complexity index is 414. The molecule has 1 aliphatic rings. The van der Waals surface area contributed by atoms with Gasteiger partial charge in [0.2, 0.25) is 0 Å². The van der Waals surface area contributed by atoms with Gasteiger partial charge >= 0.3 is 0 Å². The summed E-state index contributed by atoms with van der Waals surface area (Å²) in [6.45, 7) is 3.71. The summed E-state index contributed by atoms with van der Waals surface area (Å²) in [7, 11) is 0. The molecule has 3 N–H and O–H groups in total. The number of ether oxygens (including phenoxy) is 1. The highest BCUT2D eigenvalue weighted by atomic mass is 16.5. The van der Waals surface area contributed by atoms with Crippen LogP contribution in [0, 0.1) is 0 Å². The Morgan fingerprint density at radius 1 is 1.32 bits per heavy atom. The van der Waals surface area contributed by atoms with E-state index in [9.17, 15) is 10.2 Å². The second-order valence-electron chi connectivity index (χ2n) is 5.27. The lowest BCUT2D eigenvalue weighted by atomic mass is 10.0. The van der Waals surface area contributed by atoms with Crippen molar-refractivity contribution < 1.29 is 14.9 Å². The predicted octanol–water partition coefficient (Wildman–Crippen LogP) is 2.19. The van der Waals surface area contributed by atoms with Gasteiger partial charge in [-0.1, -0.05) is 18.9 Å². The fraction of sp³-hybridized carbons (Fsp3) is 0.600. The highest BCUT2D eigenvalue weighted by Crippen LogP contribution is 2.29. The predicted molar refractivity (Wildman–Crippen MR) is 74.4 cm³/mol. The molecule has 4 heteroatoms. The third kappa shape index (κ3) is 3.85. The van der Waals surface area contributed by atoms with Crippen LogP contribution in [-0.2, 0) is 6.54 Å². The lowest BCUT2D eigenvalue weighted by Crippen LogP contribution is -2.37. The molecule has 2 rings (SSSR count). The maximum atomic E-state index is 10.2. The molecular formula is C15H23NO3. The Kier molecular flexibility index (Phi) is 4.66. The Hall–Kier alpha value is -1.26. The maximum Gasteiger partial charge on any atom is 0.161 e. The van der Waals surface area contributed by atoms with Crippen molar-refractivity contribution in [3.63, 3.8) is 0 Å². The monoisotopic (exact) mass is 265 g/mol. The average molecular weight is 265 g/mol. The molecule has 0 spiro atoms. The smallest absolute Gasteiger partial charge is 0.161 e. The number of benzene rings is 1. The lowest BCUT2D eigenvalue weighted by molar-refractivity contribution is 0.0475. The van der Waals surface area contributed by atoms with E-state index in [2.05, 4.69) is 5.32 Å². The van der Waals surface area contributed by atoms with E-state index >= 15 is 0 Å². The van der Waals surface area contributed by atoms with E-state index in [1.165, 1.54) is 0 Å². The van der Waals surface area contributed by atoms with E-state index < -0.39 is 5.60 Å². The van der Waals surface area contributed by atoms with Crippen molar-refractivity contribution in [2.45, 2.75) is 44.8 Å². The van der Waals surface area contributed by atoms with Crippen LogP contribution in [0.5, 0.6) is 11.5 Å². The number of phenols is 1. The van der Waals surface area contributed by atoms with Crippen LogP contribution >= 0.6 is 0 Å². The van der Waals surface area contributed by atoms with E-state index in [4.69, 9.17) is 4.74 Å². The number of nitrogens with one attached hydrogen (secondary N) is 1. The molecule has 1 saturated carbocycles. The van der Waals surface area contributed by atoms with Crippen LogP contribution in [0.3, 0.4) is 0 Å². The van der Waals surface area contributed by atoms with Crippen LogP contribution in [0.15, 0.2) is 18.2 Å². The van der Waals surface area contributed by atoms with Gasteiger partial charge in [0.25, 0.3) is 0 Å². The van der Waals surface area contributed by atoms with Crippen molar-refractivity contribution >= 4 is 0 Å². The van der Waals surface area contributed by atoms with E-state index in [1.807, 2.05) is 19.1 Å². The number of hydrogen-bond acceptors (Lipinski definition) is 4. The molecule has 106 valence electrons. The summed E-state index contributed by atoms with van der Waals surface area (Å²) < 4.78 is 5.35. The first-order valence-corrected chi connectivity index (χ1v) is 7.01. The Balaban J connectivity index is 1.87. The van der Waals surface area contributed by atoms with Gasteiger partial charge in [0, 0.05) is 13.1 Å². The van der Waals surface area contributed by atoms with Crippen molar-refractivity contribution in [3.05, 3.63) is 23.8 Å². The standard InChI is InChI=1S/C15H23NO3/c1-2-19-14-9-12(5-6-13(14)17)10-16-11-15(18)7-3-4-8-15/h5-6,9,16-18H,2-4,7-8,10-11H2,1H3. The van der Waals surface area contributed by atoms with Gasteiger partial charge < -0.3 is 20.3 Å². The number of rotatable bonds is 6. The maximum absolute atomic E-state index is 10.2. The van der Waals surface area contributed by atoms with Crippen LogP contribution in [0.4, 0.5) is 0 Å². The summed E-state index contributed by atoms with van der Waals surface area (Å²) in [6.07, 6.45) is 4.01. The summed E-state index contributed by atoms with van der Waals surface area (Å²) in [5, 5.41) is 23.1. The third-order valence-electron chi connectivity index (χ3n) is 3.64. The largest absolute Gasteiger partial charge is 0.504 e. The van der Waals surface area contributed by atoms with E-state index in [1.54, 1.807) is 6.07 Å². The van der Waals surface area contributed by atoms with Crippen LogP contribution in [-0.4, -0.2) is 29.0 Å². The molecule has 0 aliphatic heterocycles. The molecule has 0 bridgehead atoms. The second-order valence-corrected chi connectivity index (χ2v) is 5.27. The molecule has 0 aromatic heterocycles. The van der Waals surface area contributed by atoms with Crippen molar-refractivity contribution in [3.8, 4) is 11.5 Å². The van der Waals surface area contributed by atoms with Crippen LogP contribution in [0.1, 0.15) is 38.2 Å². The van der Waals surface area contributed by atoms with Crippen molar-refractivity contribution in [2.24, 2.45) is 0 Å². The Morgan fingerprint density at radius 3 is 2.74 bits per heavy atom. The summed E-state index contributed by atoms with van der Waals surface area (Å²) in [5.74, 6) is 0.682. The number of phenolic OH excluding ortho intramolecular Hbond substituents is 1. The molecule has 1 fully saturated rings. The summed E-state index contributed by atoms with van der Waals surface area (Å²) in [5.41, 5.74) is 0.516. The van der Waals surface area contributed by atoms with Crippen molar-refractivity contribution in [1.29, 1.82) is 0 Å². The lowest BCUT2D eigenvalue weighted by Gasteiger charge is -2.22. The summed E-state index contributed by atoms with van der Waals surface area (Å²) in [6, 6.07) is 5.35. The van der Waals surface area contributed by atoms with Gasteiger partial charge in [-0.15, -0.1) is 0 Å². The fourth-order valence-electron chi connectivity index (χ4n) is 2.59. The quantitative estimate of drug-likeness (QED) is 0.738. The zero-order valence-corrected chi connectivity index (χ0v) is 11.5. The highest BCUT2D eigenvalue weighted by molar-refractivity contribution is 5.41. The molecule has 0 radical (unpaired) electrons. The zero-order valence-electron chi connectivity index (χ0n) is 11.5. The summed E-state index contributed by atoms with van der Waals surface area (Å²) >= 11 is 0. The Labute approximate surface area is 114 Å². The first-order chi connectivity index (χ1) is 9.13. The van der Waals surface area contributed by atoms with Gasteiger partial charge in [-0.05, 0) is 37.5 Å². The molecule has 1 aromatic rings. The highest BCUT2D eigenvalue weighted by Gasteiger charge is 2.30. The number of aliphatic hydroxyl groups is 1. The second kappa shape index (κ2) is 6.26. The van der Waals surface area contributed by atoms with Crippen molar-refractivity contribution in [1.82, 2.24) is 5.32 Å². The van der Waals surface area contributed by atoms with Gasteiger partial charge in [-0.3, -0.25) is 0 Å². The minimum absolute atomic E-state index is 0.167. The van der Waals surface area contributed by atoms with Gasteiger partial charge in [-0.2, -0.15) is 0 Å². The molecule has 1 aromatic carbocycles. The van der Waals surface area contributed by atoms with E-state index in [-0.39, 0.29) is 5.75 Å². The van der Waals surface area contributed by atoms with Crippen LogP contribution in [0.25, 0.3) is 0 Å². The minimum atomic E-state index is -0.528. The number of aromatic hydroxyl groups is 1. The molecule has 0 unspecified atom stereocenters. The minimum Gasteiger partial charge on any atom is -0.504 e. The Morgan fingerprint density at radius 2 is 2.05 bits per heavy atom. The third-order valence-corrected chi connectivity index (χ3v) is 3.64. The molecule has 1 aliphatic carbocycles. The molecule has 0 amide bonds. The van der Waals surface area contributed by atoms with Crippen molar-refractivity contribution in [2.75, 3.05) is 13.2 Å². The van der Waals surface area contributed by atoms with Crippen LogP contribution < -0.4 is 10.1 Å². The molecule has 0 heterocycles. The summed E-state index contributed by atoms with van der Waals surface area (Å²) in [4.78, 5) is 0. The van der Waals surface area contributed by atoms with E-state index in [0.29, 0.717) is 25.4 Å². The van der Waals surface area contributed by atoms with Gasteiger partial charge in [0.05, 0.1) is 12.2 Å². The SMILES string of the molecule is CCOc1cc(CNCC2(O)CCCC2)ccc1O. The van der Waals surface area contributed by atoms with Crippen LogP contribution in [0.2, 0.25) is 0 Å². The molecule has 4 nitrogen and oxygen atoms in total. The molecular weight excluding hydrogens is 242 g/mol. The van der Waals surface area contributed by atoms with E-state index in [0.717, 1.165) is 31.2 Å².